The zero-order chi connectivity index (χ0) is 14.3. The fourth-order valence-electron chi connectivity index (χ4n) is 2.98. The van der Waals surface area contributed by atoms with Gasteiger partial charge in [0.05, 0.1) is 11.0 Å². The van der Waals surface area contributed by atoms with Gasteiger partial charge in [-0.3, -0.25) is 14.2 Å². The van der Waals surface area contributed by atoms with Crippen LogP contribution in [-0.2, 0) is 13.1 Å². The Bertz CT molecular complexity index is 812. The maximum Gasteiger partial charge on any atom is 0.317 e. The van der Waals surface area contributed by atoms with E-state index in [9.17, 15) is 9.59 Å². The van der Waals surface area contributed by atoms with E-state index >= 15 is 0 Å². The second kappa shape index (κ2) is 4.78. The van der Waals surface area contributed by atoms with Gasteiger partial charge in [0.1, 0.15) is 0 Å². The van der Waals surface area contributed by atoms with Crippen LogP contribution in [0.2, 0.25) is 0 Å². The first kappa shape index (κ1) is 12.9. The monoisotopic (exact) mass is 270 g/mol. The van der Waals surface area contributed by atoms with E-state index in [1.807, 2.05) is 31.2 Å². The van der Waals surface area contributed by atoms with Crippen molar-refractivity contribution in [3.63, 3.8) is 0 Å². The smallest absolute Gasteiger partial charge is 0.302 e. The molecule has 0 radical (unpaired) electrons. The van der Waals surface area contributed by atoms with Gasteiger partial charge in [0, 0.05) is 13.1 Å². The summed E-state index contributed by atoms with van der Waals surface area (Å²) < 4.78 is 3.23. The van der Waals surface area contributed by atoms with E-state index in [1.54, 1.807) is 9.13 Å². The van der Waals surface area contributed by atoms with Gasteiger partial charge in [-0.1, -0.05) is 31.2 Å². The number of aryl methyl sites for hydroxylation is 1. The Morgan fingerprint density at radius 3 is 2.85 bits per heavy atom. The maximum absolute atomic E-state index is 12.3. The van der Waals surface area contributed by atoms with Crippen LogP contribution in [0.15, 0.2) is 39.9 Å². The van der Waals surface area contributed by atoms with Gasteiger partial charge < -0.3 is 4.57 Å². The van der Waals surface area contributed by atoms with Crippen LogP contribution in [0.3, 0.4) is 0 Å². The number of hydrogen-bond acceptors (Lipinski definition) is 2. The lowest BCUT2D eigenvalue weighted by atomic mass is 9.93. The van der Waals surface area contributed by atoms with Gasteiger partial charge in [0.25, 0.3) is 0 Å². The molecule has 3 rings (SSSR count). The van der Waals surface area contributed by atoms with E-state index in [0.29, 0.717) is 19.0 Å². The average Bonchev–Trinajstić information content (AvgIpc) is 2.46. The molecule has 1 aliphatic heterocycles. The fourth-order valence-corrected chi connectivity index (χ4v) is 2.98. The Labute approximate surface area is 117 Å². The quantitative estimate of drug-likeness (QED) is 0.620. The van der Waals surface area contributed by atoms with Gasteiger partial charge in [-0.15, -0.1) is 0 Å². The Kier molecular flexibility index (Phi) is 3.08. The molecule has 4 nitrogen and oxygen atoms in total. The highest BCUT2D eigenvalue weighted by molar-refractivity contribution is 5.80. The molecule has 1 unspecified atom stereocenters. The molecule has 0 saturated heterocycles. The molecule has 2 heterocycles. The zero-order valence-corrected chi connectivity index (χ0v) is 11.8. The van der Waals surface area contributed by atoms with Crippen molar-refractivity contribution < 1.29 is 0 Å². The standard InChI is InChI=1S/C16H18N2O2/c1-3-4-9-17-13-7-5-6-12-11(2)8-10-18(14(12)13)16(20)15(17)19/h3-7,11H,8-10H2,1-2H3/b4-3+. The van der Waals surface area contributed by atoms with Crippen molar-refractivity contribution in [2.45, 2.75) is 39.3 Å². The summed E-state index contributed by atoms with van der Waals surface area (Å²) in [6.45, 7) is 5.15. The summed E-state index contributed by atoms with van der Waals surface area (Å²) in [7, 11) is 0. The van der Waals surface area contributed by atoms with Crippen molar-refractivity contribution in [1.82, 2.24) is 9.13 Å². The first-order chi connectivity index (χ1) is 9.65. The van der Waals surface area contributed by atoms with Gasteiger partial charge in [-0.05, 0) is 30.9 Å². The Morgan fingerprint density at radius 2 is 2.10 bits per heavy atom. The van der Waals surface area contributed by atoms with Crippen molar-refractivity contribution in [1.29, 1.82) is 0 Å². The molecule has 0 amide bonds. The molecule has 0 saturated carbocycles. The van der Waals surface area contributed by atoms with Gasteiger partial charge in [0.2, 0.25) is 0 Å². The van der Waals surface area contributed by atoms with E-state index in [0.717, 1.165) is 17.5 Å². The summed E-state index contributed by atoms with van der Waals surface area (Å²) >= 11 is 0. The number of aromatic nitrogens is 2. The largest absolute Gasteiger partial charge is 0.317 e. The minimum atomic E-state index is -0.428. The third-order valence-corrected chi connectivity index (χ3v) is 4.12. The number of rotatable bonds is 2. The van der Waals surface area contributed by atoms with Gasteiger partial charge in [0.15, 0.2) is 0 Å². The number of allylic oxidation sites excluding steroid dienone is 2. The second-order valence-electron chi connectivity index (χ2n) is 5.35. The second-order valence-corrected chi connectivity index (χ2v) is 5.35. The molecule has 0 bridgehead atoms. The lowest BCUT2D eigenvalue weighted by Gasteiger charge is -2.25. The number of benzene rings is 1. The number of para-hydroxylation sites is 1. The zero-order valence-electron chi connectivity index (χ0n) is 11.8. The van der Waals surface area contributed by atoms with Crippen LogP contribution >= 0.6 is 0 Å². The fraction of sp³-hybridized carbons (Fsp3) is 0.375. The molecule has 1 atom stereocenters. The number of nitrogens with zero attached hydrogens (tertiary/aromatic N) is 2. The predicted molar refractivity (Wildman–Crippen MR) is 80.3 cm³/mol. The van der Waals surface area contributed by atoms with Crippen molar-refractivity contribution in [3.05, 3.63) is 56.6 Å². The summed E-state index contributed by atoms with van der Waals surface area (Å²) in [6, 6.07) is 5.96. The lowest BCUT2D eigenvalue weighted by molar-refractivity contribution is 0.539. The molecular formula is C16H18N2O2. The molecule has 1 aromatic carbocycles. The molecule has 1 aliphatic rings. The Balaban J connectivity index is 2.46. The molecule has 0 N–H and O–H groups in total. The van der Waals surface area contributed by atoms with E-state index in [-0.39, 0.29) is 0 Å². The topological polar surface area (TPSA) is 44.0 Å². The van der Waals surface area contributed by atoms with Gasteiger partial charge in [-0.25, -0.2) is 0 Å². The average molecular weight is 270 g/mol. The first-order valence-electron chi connectivity index (χ1n) is 7.02. The summed E-state index contributed by atoms with van der Waals surface area (Å²) in [5.74, 6) is 0.422. The highest BCUT2D eigenvalue weighted by Gasteiger charge is 2.22. The van der Waals surface area contributed by atoms with Crippen LogP contribution in [0.25, 0.3) is 11.0 Å². The molecule has 0 fully saturated rings. The highest BCUT2D eigenvalue weighted by atomic mass is 16.2. The Hall–Kier alpha value is -2.10. The first-order valence-corrected chi connectivity index (χ1v) is 7.02. The lowest BCUT2D eigenvalue weighted by Crippen LogP contribution is -2.42. The van der Waals surface area contributed by atoms with Crippen molar-refractivity contribution in [2.24, 2.45) is 0 Å². The summed E-state index contributed by atoms with van der Waals surface area (Å²) in [4.78, 5) is 24.6. The predicted octanol–water partition coefficient (Wildman–Crippen LogP) is 2.25. The molecule has 4 heteroatoms. The van der Waals surface area contributed by atoms with Crippen LogP contribution in [0, 0.1) is 0 Å². The molecule has 0 spiro atoms. The van der Waals surface area contributed by atoms with Crippen molar-refractivity contribution in [3.8, 4) is 0 Å². The summed E-state index contributed by atoms with van der Waals surface area (Å²) in [5, 5.41) is 0. The van der Waals surface area contributed by atoms with E-state index in [1.165, 1.54) is 5.56 Å². The van der Waals surface area contributed by atoms with E-state index in [4.69, 9.17) is 0 Å². The summed E-state index contributed by atoms with van der Waals surface area (Å²) in [6.07, 6.45) is 4.69. The van der Waals surface area contributed by atoms with Gasteiger partial charge in [-0.2, -0.15) is 0 Å². The third kappa shape index (κ3) is 1.75. The molecule has 1 aromatic heterocycles. The van der Waals surface area contributed by atoms with E-state index in [2.05, 4.69) is 13.0 Å². The maximum atomic E-state index is 12.3. The Morgan fingerprint density at radius 1 is 1.30 bits per heavy atom. The molecule has 2 aromatic rings. The van der Waals surface area contributed by atoms with Crippen molar-refractivity contribution in [2.75, 3.05) is 0 Å². The van der Waals surface area contributed by atoms with Crippen LogP contribution in [0.5, 0.6) is 0 Å². The van der Waals surface area contributed by atoms with Crippen LogP contribution in [0.4, 0.5) is 0 Å². The minimum absolute atomic E-state index is 0.402. The van der Waals surface area contributed by atoms with Crippen LogP contribution in [0.1, 0.15) is 31.7 Å². The molecular weight excluding hydrogens is 252 g/mol. The summed E-state index contributed by atoms with van der Waals surface area (Å²) in [5.41, 5.74) is 2.13. The van der Waals surface area contributed by atoms with E-state index < -0.39 is 11.1 Å². The molecule has 0 aliphatic carbocycles. The SMILES string of the molecule is C/C=C/Cn1c(=O)c(=O)n2c3c(cccc31)C(C)CC2. The number of hydrogen-bond donors (Lipinski definition) is 0. The van der Waals surface area contributed by atoms with Crippen LogP contribution < -0.4 is 11.1 Å². The third-order valence-electron chi connectivity index (χ3n) is 4.12. The minimum Gasteiger partial charge on any atom is -0.302 e. The van der Waals surface area contributed by atoms with Crippen molar-refractivity contribution >= 4 is 11.0 Å². The highest BCUT2D eigenvalue weighted by Crippen LogP contribution is 2.30. The molecule has 20 heavy (non-hydrogen) atoms. The molecule has 104 valence electrons. The van der Waals surface area contributed by atoms with Crippen LogP contribution in [-0.4, -0.2) is 9.13 Å². The van der Waals surface area contributed by atoms with Gasteiger partial charge >= 0.3 is 11.1 Å². The normalized spacial score (nSPS) is 18.0.